The third-order valence-corrected chi connectivity index (χ3v) is 2.06. The van der Waals surface area contributed by atoms with Crippen LogP contribution in [0.3, 0.4) is 0 Å². The Labute approximate surface area is 86.0 Å². The van der Waals surface area contributed by atoms with Gasteiger partial charge in [0.05, 0.1) is 0 Å². The van der Waals surface area contributed by atoms with Gasteiger partial charge in [0.25, 0.3) is 0 Å². The first kappa shape index (κ1) is 11.1. The van der Waals surface area contributed by atoms with E-state index in [1.807, 2.05) is 14.0 Å². The maximum Gasteiger partial charge on any atom is 0.130 e. The number of hydrogen-bond donors (Lipinski definition) is 1. The van der Waals surface area contributed by atoms with E-state index in [-0.39, 0.29) is 0 Å². The Kier molecular flexibility index (Phi) is 4.53. The fourth-order valence-electron chi connectivity index (χ4n) is 1.43. The molecule has 0 aliphatic rings. The molecule has 14 heavy (non-hydrogen) atoms. The average Bonchev–Trinajstić information content (AvgIpc) is 2.14. The summed E-state index contributed by atoms with van der Waals surface area (Å²) < 4.78 is 0. The predicted octanol–water partition coefficient (Wildman–Crippen LogP) is 1.50. The molecule has 1 heterocycles. The lowest BCUT2D eigenvalue weighted by Crippen LogP contribution is -2.13. The molecule has 1 N–H and O–H groups in total. The monoisotopic (exact) mass is 193 g/mol. The largest absolute Gasteiger partial charge is 0.319 e. The van der Waals surface area contributed by atoms with Gasteiger partial charge in [0.15, 0.2) is 0 Å². The second-order valence-electron chi connectivity index (χ2n) is 3.52. The van der Waals surface area contributed by atoms with Crippen LogP contribution < -0.4 is 5.32 Å². The van der Waals surface area contributed by atoms with Gasteiger partial charge in [-0.3, -0.25) is 0 Å². The normalized spacial score (nSPS) is 10.5. The maximum atomic E-state index is 4.51. The molecule has 0 fully saturated rings. The Hall–Kier alpha value is -0.960. The first-order valence-electron chi connectivity index (χ1n) is 5.24. The molecule has 3 nitrogen and oxygen atoms in total. The second kappa shape index (κ2) is 5.70. The van der Waals surface area contributed by atoms with E-state index in [1.54, 1.807) is 0 Å². The first-order valence-corrected chi connectivity index (χ1v) is 5.24. The van der Waals surface area contributed by atoms with E-state index in [2.05, 4.69) is 28.3 Å². The molecule has 0 radical (unpaired) electrons. The van der Waals surface area contributed by atoms with Crippen molar-refractivity contribution in [1.29, 1.82) is 0 Å². The highest BCUT2D eigenvalue weighted by Crippen LogP contribution is 2.03. The minimum absolute atomic E-state index is 0.912. The van der Waals surface area contributed by atoms with Gasteiger partial charge < -0.3 is 5.32 Å². The van der Waals surface area contributed by atoms with E-state index in [1.165, 1.54) is 5.69 Å². The van der Waals surface area contributed by atoms with Crippen molar-refractivity contribution < 1.29 is 0 Å². The van der Waals surface area contributed by atoms with Crippen LogP contribution in [-0.2, 0) is 12.8 Å². The highest BCUT2D eigenvalue weighted by atomic mass is 14.9. The van der Waals surface area contributed by atoms with Crippen LogP contribution in [-0.4, -0.2) is 23.6 Å². The Morgan fingerprint density at radius 1 is 1.29 bits per heavy atom. The molecule has 0 aliphatic heterocycles. The highest BCUT2D eigenvalue weighted by molar-refractivity contribution is 5.10. The van der Waals surface area contributed by atoms with E-state index in [9.17, 15) is 0 Å². The van der Waals surface area contributed by atoms with Crippen LogP contribution in [0.25, 0.3) is 0 Å². The minimum Gasteiger partial charge on any atom is -0.319 e. The van der Waals surface area contributed by atoms with Gasteiger partial charge in [0, 0.05) is 24.4 Å². The average molecular weight is 193 g/mol. The number of hydrogen-bond acceptors (Lipinski definition) is 3. The Morgan fingerprint density at radius 2 is 2.07 bits per heavy atom. The molecule has 0 amide bonds. The van der Waals surface area contributed by atoms with Crippen molar-refractivity contribution in [3.05, 3.63) is 23.3 Å². The third-order valence-electron chi connectivity index (χ3n) is 2.06. The van der Waals surface area contributed by atoms with Crippen molar-refractivity contribution in [2.45, 2.75) is 33.1 Å². The SMILES string of the molecule is CCCc1cc(C)nc(CCNC)n1. The van der Waals surface area contributed by atoms with Crippen LogP contribution in [0.1, 0.15) is 30.6 Å². The van der Waals surface area contributed by atoms with Gasteiger partial charge in [-0.15, -0.1) is 0 Å². The lowest BCUT2D eigenvalue weighted by molar-refractivity contribution is 0.737. The molecule has 0 spiro atoms. The van der Waals surface area contributed by atoms with Gasteiger partial charge in [-0.25, -0.2) is 9.97 Å². The number of rotatable bonds is 5. The van der Waals surface area contributed by atoms with Crippen molar-refractivity contribution in [2.24, 2.45) is 0 Å². The summed E-state index contributed by atoms with van der Waals surface area (Å²) in [6.45, 7) is 5.14. The summed E-state index contributed by atoms with van der Waals surface area (Å²) in [5.74, 6) is 0.961. The molecule has 0 unspecified atom stereocenters. The standard InChI is InChI=1S/C11H19N3/c1-4-5-10-8-9(2)13-11(14-10)6-7-12-3/h8,12H,4-7H2,1-3H3. The van der Waals surface area contributed by atoms with E-state index in [0.29, 0.717) is 0 Å². The van der Waals surface area contributed by atoms with E-state index in [4.69, 9.17) is 0 Å². The smallest absolute Gasteiger partial charge is 0.130 e. The lowest BCUT2D eigenvalue weighted by atomic mass is 10.2. The van der Waals surface area contributed by atoms with Gasteiger partial charge in [-0.2, -0.15) is 0 Å². The third kappa shape index (κ3) is 3.42. The van der Waals surface area contributed by atoms with Crippen LogP contribution in [0.5, 0.6) is 0 Å². The predicted molar refractivity (Wildman–Crippen MR) is 58.4 cm³/mol. The van der Waals surface area contributed by atoms with E-state index >= 15 is 0 Å². The van der Waals surface area contributed by atoms with Gasteiger partial charge in [0.1, 0.15) is 5.82 Å². The summed E-state index contributed by atoms with van der Waals surface area (Å²) in [4.78, 5) is 8.91. The van der Waals surface area contributed by atoms with Crippen molar-refractivity contribution in [3.8, 4) is 0 Å². The molecule has 0 aliphatic carbocycles. The van der Waals surface area contributed by atoms with Crippen LogP contribution in [0, 0.1) is 6.92 Å². The fourth-order valence-corrected chi connectivity index (χ4v) is 1.43. The summed E-state index contributed by atoms with van der Waals surface area (Å²) in [5, 5.41) is 3.11. The van der Waals surface area contributed by atoms with Crippen LogP contribution >= 0.6 is 0 Å². The van der Waals surface area contributed by atoms with Crippen molar-refractivity contribution in [1.82, 2.24) is 15.3 Å². The molecule has 3 heteroatoms. The Morgan fingerprint density at radius 3 is 2.71 bits per heavy atom. The molecule has 1 aromatic heterocycles. The van der Waals surface area contributed by atoms with Crippen molar-refractivity contribution in [2.75, 3.05) is 13.6 Å². The zero-order valence-corrected chi connectivity index (χ0v) is 9.30. The van der Waals surface area contributed by atoms with Crippen LogP contribution in [0.2, 0.25) is 0 Å². The van der Waals surface area contributed by atoms with E-state index in [0.717, 1.165) is 37.3 Å². The number of aromatic nitrogens is 2. The summed E-state index contributed by atoms with van der Waals surface area (Å²) in [6, 6.07) is 2.08. The summed E-state index contributed by atoms with van der Waals surface area (Å²) in [7, 11) is 1.95. The summed E-state index contributed by atoms with van der Waals surface area (Å²) in [5.41, 5.74) is 2.25. The molecule has 78 valence electrons. The molecular weight excluding hydrogens is 174 g/mol. The zero-order chi connectivity index (χ0) is 10.4. The minimum atomic E-state index is 0.912. The number of nitrogens with one attached hydrogen (secondary N) is 1. The quantitative estimate of drug-likeness (QED) is 0.770. The molecule has 0 atom stereocenters. The van der Waals surface area contributed by atoms with Gasteiger partial charge >= 0.3 is 0 Å². The first-order chi connectivity index (χ1) is 6.76. The second-order valence-corrected chi connectivity index (χ2v) is 3.52. The fraction of sp³-hybridized carbons (Fsp3) is 0.636. The van der Waals surface area contributed by atoms with Gasteiger partial charge in [-0.05, 0) is 26.5 Å². The molecule has 1 aromatic rings. The Balaban J connectivity index is 2.73. The maximum absolute atomic E-state index is 4.51. The molecule has 0 aromatic carbocycles. The highest BCUT2D eigenvalue weighted by Gasteiger charge is 2.00. The lowest BCUT2D eigenvalue weighted by Gasteiger charge is -2.04. The molecule has 0 bridgehead atoms. The molecule has 0 saturated carbocycles. The zero-order valence-electron chi connectivity index (χ0n) is 9.30. The summed E-state index contributed by atoms with van der Waals surface area (Å²) >= 11 is 0. The number of aryl methyl sites for hydroxylation is 2. The van der Waals surface area contributed by atoms with Crippen LogP contribution in [0.15, 0.2) is 6.07 Å². The number of likely N-dealkylation sites (N-methyl/N-ethyl adjacent to an activating group) is 1. The summed E-state index contributed by atoms with van der Waals surface area (Å²) in [6.07, 6.45) is 3.10. The van der Waals surface area contributed by atoms with Gasteiger partial charge in [0.2, 0.25) is 0 Å². The van der Waals surface area contributed by atoms with Crippen molar-refractivity contribution in [3.63, 3.8) is 0 Å². The van der Waals surface area contributed by atoms with E-state index < -0.39 is 0 Å². The van der Waals surface area contributed by atoms with Crippen LogP contribution in [0.4, 0.5) is 0 Å². The number of nitrogens with zero attached hydrogens (tertiary/aromatic N) is 2. The Bertz CT molecular complexity index is 284. The molecular formula is C11H19N3. The topological polar surface area (TPSA) is 37.8 Å². The molecule has 0 saturated heterocycles. The molecule has 1 rings (SSSR count). The van der Waals surface area contributed by atoms with Gasteiger partial charge in [-0.1, -0.05) is 13.3 Å². The van der Waals surface area contributed by atoms with Crippen molar-refractivity contribution >= 4 is 0 Å².